The lowest BCUT2D eigenvalue weighted by molar-refractivity contribution is 0.262. The van der Waals surface area contributed by atoms with Gasteiger partial charge in [0.25, 0.3) is 0 Å². The molecule has 1 atom stereocenters. The van der Waals surface area contributed by atoms with Crippen molar-refractivity contribution in [1.82, 2.24) is 0 Å². The molecule has 2 amide bonds. The zero-order chi connectivity index (χ0) is 20.4. The molecular weight excluding hydrogens is 373 g/mol. The number of amides is 2. The highest BCUT2D eigenvalue weighted by Crippen LogP contribution is 2.38. The van der Waals surface area contributed by atoms with E-state index < -0.39 is 18.0 Å². The van der Waals surface area contributed by atoms with Crippen LogP contribution in [0.4, 0.5) is 26.2 Å². The van der Waals surface area contributed by atoms with E-state index >= 15 is 0 Å². The molecule has 148 valence electrons. The number of urea groups is 1. The summed E-state index contributed by atoms with van der Waals surface area (Å²) in [4.78, 5) is 18.1. The molecule has 0 saturated heterocycles. The Kier molecular flexibility index (Phi) is 5.03. The maximum Gasteiger partial charge on any atom is 0.323 e. The fraction of sp³-hybridized carbons (Fsp3) is 0.0952. The van der Waals surface area contributed by atoms with Crippen molar-refractivity contribution in [3.8, 4) is 5.75 Å². The van der Waals surface area contributed by atoms with E-state index in [0.29, 0.717) is 28.4 Å². The van der Waals surface area contributed by atoms with Crippen molar-refractivity contribution in [1.29, 1.82) is 0 Å². The van der Waals surface area contributed by atoms with Crippen molar-refractivity contribution in [2.24, 2.45) is 11.5 Å². The number of fused-ring (bicyclic) bond motifs is 1. The average Bonchev–Trinajstić information content (AvgIpc) is 3.05. The Labute approximate surface area is 167 Å². The van der Waals surface area contributed by atoms with Gasteiger partial charge in [-0.15, -0.1) is 0 Å². The minimum absolute atomic E-state index is 0.194. The van der Waals surface area contributed by atoms with Crippen LogP contribution in [-0.2, 0) is 6.54 Å². The molecule has 6 N–H and O–H groups in total. The highest BCUT2D eigenvalue weighted by Gasteiger charge is 2.30. The first-order valence-corrected chi connectivity index (χ1v) is 9.03. The zero-order valence-electron chi connectivity index (χ0n) is 15.4. The van der Waals surface area contributed by atoms with Crippen LogP contribution < -0.4 is 32.0 Å². The lowest BCUT2D eigenvalue weighted by atomic mass is 10.1. The van der Waals surface area contributed by atoms with Crippen LogP contribution in [0.1, 0.15) is 17.3 Å². The number of hydrogen-bond donors (Lipinski definition) is 4. The van der Waals surface area contributed by atoms with E-state index in [0.717, 1.165) is 5.56 Å². The van der Waals surface area contributed by atoms with Crippen LogP contribution in [0, 0.1) is 5.82 Å². The number of carbonyl (C=O) groups is 1. The minimum atomic E-state index is -0.500. The quantitative estimate of drug-likeness (QED) is 0.541. The van der Waals surface area contributed by atoms with E-state index in [2.05, 4.69) is 10.6 Å². The number of hydroxylamine groups is 1. The smallest absolute Gasteiger partial charge is 0.323 e. The number of nitrogens with zero attached hydrogens (tertiary/aromatic N) is 1. The summed E-state index contributed by atoms with van der Waals surface area (Å²) in [6, 6.07) is 18.0. The van der Waals surface area contributed by atoms with E-state index in [1.54, 1.807) is 23.3 Å². The third kappa shape index (κ3) is 3.84. The summed E-state index contributed by atoms with van der Waals surface area (Å²) < 4.78 is 13.3. The zero-order valence-corrected chi connectivity index (χ0v) is 15.4. The molecule has 0 saturated carbocycles. The van der Waals surface area contributed by atoms with Crippen LogP contribution in [0.5, 0.6) is 5.75 Å². The van der Waals surface area contributed by atoms with Gasteiger partial charge in [-0.3, -0.25) is 0 Å². The Morgan fingerprint density at radius 1 is 1.07 bits per heavy atom. The number of carbonyl (C=O) groups excluding carboxylic acids is 1. The lowest BCUT2D eigenvalue weighted by Gasteiger charge is -2.23. The molecule has 0 aliphatic carbocycles. The van der Waals surface area contributed by atoms with Gasteiger partial charge >= 0.3 is 6.03 Å². The summed E-state index contributed by atoms with van der Waals surface area (Å²) in [5.41, 5.74) is 15.3. The number of anilines is 3. The molecule has 0 radical (unpaired) electrons. The highest BCUT2D eigenvalue weighted by molar-refractivity contribution is 6.00. The second kappa shape index (κ2) is 7.78. The van der Waals surface area contributed by atoms with Gasteiger partial charge in [-0.1, -0.05) is 24.3 Å². The minimum Gasteiger partial charge on any atom is -0.377 e. The summed E-state index contributed by atoms with van der Waals surface area (Å²) in [6.07, 6.45) is -0.452. The number of halogens is 1. The van der Waals surface area contributed by atoms with Crippen LogP contribution >= 0.6 is 0 Å². The third-order valence-corrected chi connectivity index (χ3v) is 4.58. The molecule has 3 aromatic carbocycles. The van der Waals surface area contributed by atoms with Crippen LogP contribution in [0.25, 0.3) is 0 Å². The molecule has 0 spiro atoms. The summed E-state index contributed by atoms with van der Waals surface area (Å²) in [7, 11) is 0. The van der Waals surface area contributed by atoms with E-state index in [1.807, 2.05) is 30.3 Å². The van der Waals surface area contributed by atoms with Crippen molar-refractivity contribution in [2.45, 2.75) is 12.7 Å². The first-order chi connectivity index (χ1) is 14.0. The van der Waals surface area contributed by atoms with Crippen molar-refractivity contribution >= 4 is 23.1 Å². The van der Waals surface area contributed by atoms with Gasteiger partial charge in [0.2, 0.25) is 0 Å². The molecule has 1 unspecified atom stereocenters. The number of hydrogen-bond acceptors (Lipinski definition) is 5. The molecule has 1 heterocycles. The summed E-state index contributed by atoms with van der Waals surface area (Å²) in [6.45, 7) is 0.194. The normalized spacial score (nSPS) is 14.9. The Bertz CT molecular complexity index is 1060. The van der Waals surface area contributed by atoms with Crippen molar-refractivity contribution in [2.75, 3.05) is 15.7 Å². The molecule has 0 aromatic heterocycles. The molecule has 1 aliphatic heterocycles. The summed E-state index contributed by atoms with van der Waals surface area (Å²) in [5, 5.41) is 6.92. The summed E-state index contributed by atoms with van der Waals surface area (Å²) in [5.74, 6) is 0.267. The molecule has 0 bridgehead atoms. The van der Waals surface area contributed by atoms with Gasteiger partial charge < -0.3 is 26.9 Å². The number of para-hydroxylation sites is 1. The number of nitrogens with two attached hydrogens (primary N) is 2. The van der Waals surface area contributed by atoms with E-state index in [1.165, 1.54) is 18.2 Å². The SMILES string of the molecule is NCc1cc(N2Oc3ccccc3C2N)ccc1NC(=O)Nc1cccc(F)c1. The molecule has 1 aliphatic rings. The van der Waals surface area contributed by atoms with Crippen LogP contribution in [0.15, 0.2) is 66.7 Å². The van der Waals surface area contributed by atoms with E-state index in [-0.39, 0.29) is 6.54 Å². The third-order valence-electron chi connectivity index (χ3n) is 4.58. The Morgan fingerprint density at radius 2 is 1.90 bits per heavy atom. The van der Waals surface area contributed by atoms with Crippen molar-refractivity contribution in [3.63, 3.8) is 0 Å². The average molecular weight is 393 g/mol. The maximum atomic E-state index is 13.3. The second-order valence-electron chi connectivity index (χ2n) is 6.53. The van der Waals surface area contributed by atoms with Crippen molar-refractivity contribution < 1.29 is 14.0 Å². The number of nitrogens with one attached hydrogen (secondary N) is 2. The molecular formula is C21H20FN5O2. The standard InChI is InChI=1S/C21H20FN5O2/c22-14-4-3-5-15(11-14)25-21(28)26-18-9-8-16(10-13(18)12-23)27-20(24)17-6-1-2-7-19(17)29-27/h1-11,20H,12,23-24H2,(H2,25,26,28). The first-order valence-electron chi connectivity index (χ1n) is 9.03. The molecule has 7 nitrogen and oxygen atoms in total. The van der Waals surface area contributed by atoms with E-state index in [9.17, 15) is 9.18 Å². The second-order valence-corrected chi connectivity index (χ2v) is 6.53. The van der Waals surface area contributed by atoms with Crippen LogP contribution in [0.2, 0.25) is 0 Å². The largest absolute Gasteiger partial charge is 0.377 e. The van der Waals surface area contributed by atoms with Gasteiger partial charge in [0.05, 0.1) is 5.69 Å². The van der Waals surface area contributed by atoms with Gasteiger partial charge in [-0.05, 0) is 48.0 Å². The topological polar surface area (TPSA) is 106 Å². The number of rotatable bonds is 4. The Morgan fingerprint density at radius 3 is 2.66 bits per heavy atom. The fourth-order valence-corrected chi connectivity index (χ4v) is 3.17. The Balaban J connectivity index is 1.51. The molecule has 0 fully saturated rings. The van der Waals surface area contributed by atoms with Gasteiger partial charge in [0.1, 0.15) is 12.0 Å². The predicted molar refractivity (Wildman–Crippen MR) is 110 cm³/mol. The highest BCUT2D eigenvalue weighted by atomic mass is 19.1. The van der Waals surface area contributed by atoms with Crippen LogP contribution in [0.3, 0.4) is 0 Å². The molecule has 8 heteroatoms. The van der Waals surface area contributed by atoms with Gasteiger partial charge in [0.15, 0.2) is 5.75 Å². The predicted octanol–water partition coefficient (Wildman–Crippen LogP) is 3.70. The lowest BCUT2D eigenvalue weighted by Crippen LogP contribution is -2.31. The van der Waals surface area contributed by atoms with Gasteiger partial charge in [-0.25, -0.2) is 9.18 Å². The molecule has 3 aromatic rings. The Hall–Kier alpha value is -3.62. The number of benzene rings is 3. The fourth-order valence-electron chi connectivity index (χ4n) is 3.17. The van der Waals surface area contributed by atoms with Gasteiger partial charge in [-0.2, -0.15) is 5.06 Å². The first kappa shape index (κ1) is 18.7. The molecule has 4 rings (SSSR count). The molecule has 29 heavy (non-hydrogen) atoms. The monoisotopic (exact) mass is 393 g/mol. The van der Waals surface area contributed by atoms with Gasteiger partial charge in [0, 0.05) is 23.5 Å². The summed E-state index contributed by atoms with van der Waals surface area (Å²) >= 11 is 0. The maximum absolute atomic E-state index is 13.3. The van der Waals surface area contributed by atoms with E-state index in [4.69, 9.17) is 16.3 Å². The van der Waals surface area contributed by atoms with Crippen LogP contribution in [-0.4, -0.2) is 6.03 Å². The van der Waals surface area contributed by atoms with Crippen molar-refractivity contribution in [3.05, 3.63) is 83.7 Å².